The first-order valence-electron chi connectivity index (χ1n) is 11.0. The van der Waals surface area contributed by atoms with Gasteiger partial charge in [-0.15, -0.1) is 0 Å². The van der Waals surface area contributed by atoms with Crippen LogP contribution in [0.25, 0.3) is 5.57 Å². The fraction of sp³-hybridized carbons (Fsp3) is 0.231. The third kappa shape index (κ3) is 5.64. The van der Waals surface area contributed by atoms with Crippen LogP contribution in [-0.2, 0) is 6.61 Å². The second kappa shape index (κ2) is 11.1. The van der Waals surface area contributed by atoms with E-state index in [9.17, 15) is 19.8 Å². The van der Waals surface area contributed by atoms with Crippen molar-refractivity contribution >= 4 is 34.6 Å². The van der Waals surface area contributed by atoms with E-state index in [1.54, 1.807) is 16.2 Å². The Bertz CT molecular complexity index is 1210. The zero-order valence-electron chi connectivity index (χ0n) is 19.1. The maximum Gasteiger partial charge on any atom is 0.409 e. The number of amides is 2. The van der Waals surface area contributed by atoms with E-state index in [1.807, 2.05) is 53.2 Å². The molecule has 35 heavy (non-hydrogen) atoms. The summed E-state index contributed by atoms with van der Waals surface area (Å²) in [4.78, 5) is 26.6. The number of aliphatic hydroxyl groups is 1. The molecule has 1 aliphatic heterocycles. The van der Waals surface area contributed by atoms with E-state index >= 15 is 0 Å². The van der Waals surface area contributed by atoms with Crippen LogP contribution in [0, 0.1) is 0 Å². The van der Waals surface area contributed by atoms with E-state index in [1.165, 1.54) is 19.2 Å². The lowest BCUT2D eigenvalue weighted by Crippen LogP contribution is -2.45. The first-order chi connectivity index (χ1) is 17.0. The van der Waals surface area contributed by atoms with Crippen LogP contribution in [0.3, 0.4) is 0 Å². The van der Waals surface area contributed by atoms with Crippen molar-refractivity contribution < 1.29 is 29.3 Å². The molecule has 8 nitrogen and oxygen atoms in total. The molecule has 2 amide bonds. The molecular formula is C26H26N2O6S. The van der Waals surface area contributed by atoms with Gasteiger partial charge in [-0.05, 0) is 46.0 Å². The van der Waals surface area contributed by atoms with Gasteiger partial charge >= 0.3 is 6.09 Å². The van der Waals surface area contributed by atoms with Crippen LogP contribution >= 0.6 is 11.3 Å². The van der Waals surface area contributed by atoms with Gasteiger partial charge in [-0.2, -0.15) is 11.3 Å². The van der Waals surface area contributed by atoms with Crippen molar-refractivity contribution in [2.45, 2.75) is 19.1 Å². The van der Waals surface area contributed by atoms with Crippen LogP contribution < -0.4 is 14.8 Å². The number of nitrogens with zero attached hydrogens (tertiary/aromatic N) is 1. The molecule has 0 aliphatic carbocycles. The minimum Gasteiger partial charge on any atom is -0.493 e. The van der Waals surface area contributed by atoms with Gasteiger partial charge in [0.05, 0.1) is 31.0 Å². The van der Waals surface area contributed by atoms with Crippen molar-refractivity contribution in [3.63, 3.8) is 0 Å². The number of thiophene rings is 1. The van der Waals surface area contributed by atoms with Gasteiger partial charge < -0.3 is 24.6 Å². The SMILES string of the molecule is COc1cc(C(=O)N2CC=C(c3ccsc3)CC2CO)c(NC(=O)O)cc1OCc1ccccc1. The van der Waals surface area contributed by atoms with Gasteiger partial charge in [-0.25, -0.2) is 4.79 Å². The number of nitrogens with one attached hydrogen (secondary N) is 1. The predicted molar refractivity (Wildman–Crippen MR) is 134 cm³/mol. The average molecular weight is 495 g/mol. The lowest BCUT2D eigenvalue weighted by Gasteiger charge is -2.34. The summed E-state index contributed by atoms with van der Waals surface area (Å²) in [5.74, 6) is 0.183. The smallest absolute Gasteiger partial charge is 0.409 e. The van der Waals surface area contributed by atoms with E-state index < -0.39 is 18.0 Å². The van der Waals surface area contributed by atoms with Gasteiger partial charge in [0.2, 0.25) is 0 Å². The second-order valence-electron chi connectivity index (χ2n) is 7.99. The monoisotopic (exact) mass is 494 g/mol. The Labute approximate surface area is 207 Å². The highest BCUT2D eigenvalue weighted by atomic mass is 32.1. The van der Waals surface area contributed by atoms with Crippen molar-refractivity contribution in [3.8, 4) is 11.5 Å². The highest BCUT2D eigenvalue weighted by Crippen LogP contribution is 2.36. The molecule has 1 atom stereocenters. The summed E-state index contributed by atoms with van der Waals surface area (Å²) < 4.78 is 11.3. The molecule has 1 unspecified atom stereocenters. The molecule has 182 valence electrons. The summed E-state index contributed by atoms with van der Waals surface area (Å²) in [6.45, 7) is 0.312. The summed E-state index contributed by atoms with van der Waals surface area (Å²) in [5.41, 5.74) is 3.27. The van der Waals surface area contributed by atoms with Crippen molar-refractivity contribution in [3.05, 3.63) is 82.1 Å². The fourth-order valence-corrected chi connectivity index (χ4v) is 4.70. The van der Waals surface area contributed by atoms with Crippen LogP contribution in [0.4, 0.5) is 10.5 Å². The quantitative estimate of drug-likeness (QED) is 0.418. The van der Waals surface area contributed by atoms with Gasteiger partial charge in [0, 0.05) is 12.6 Å². The molecule has 3 aromatic rings. The highest BCUT2D eigenvalue weighted by molar-refractivity contribution is 7.08. The third-order valence-corrected chi connectivity index (χ3v) is 6.49. The molecule has 1 aromatic heterocycles. The molecule has 9 heteroatoms. The number of anilines is 1. The maximum atomic E-state index is 13.6. The largest absolute Gasteiger partial charge is 0.493 e. The minimum atomic E-state index is -1.31. The molecule has 0 spiro atoms. The topological polar surface area (TPSA) is 108 Å². The van der Waals surface area contributed by atoms with Gasteiger partial charge in [0.15, 0.2) is 11.5 Å². The normalized spacial score (nSPS) is 15.3. The van der Waals surface area contributed by atoms with E-state index in [4.69, 9.17) is 9.47 Å². The number of benzene rings is 2. The number of carbonyl (C=O) groups is 2. The Balaban J connectivity index is 1.64. The van der Waals surface area contributed by atoms with Crippen LogP contribution in [-0.4, -0.2) is 53.4 Å². The lowest BCUT2D eigenvalue weighted by atomic mass is 9.95. The number of ether oxygens (including phenoxy) is 2. The van der Waals surface area contributed by atoms with Crippen molar-refractivity contribution in [1.82, 2.24) is 4.90 Å². The Hall–Kier alpha value is -3.82. The molecule has 3 N–H and O–H groups in total. The first kappa shape index (κ1) is 24.3. The summed E-state index contributed by atoms with van der Waals surface area (Å²) >= 11 is 1.59. The number of rotatable bonds is 8. The predicted octanol–water partition coefficient (Wildman–Crippen LogP) is 4.72. The second-order valence-corrected chi connectivity index (χ2v) is 8.77. The average Bonchev–Trinajstić information content (AvgIpc) is 3.42. The molecule has 0 saturated heterocycles. The Morgan fingerprint density at radius 1 is 1.17 bits per heavy atom. The first-order valence-corrected chi connectivity index (χ1v) is 12.0. The number of aliphatic hydroxyl groups excluding tert-OH is 1. The number of hydrogen-bond acceptors (Lipinski definition) is 6. The molecule has 2 heterocycles. The van der Waals surface area contributed by atoms with E-state index in [2.05, 4.69) is 5.32 Å². The zero-order chi connectivity index (χ0) is 24.8. The minimum absolute atomic E-state index is 0.0793. The Morgan fingerprint density at radius 3 is 2.63 bits per heavy atom. The molecule has 1 aliphatic rings. The maximum absolute atomic E-state index is 13.6. The van der Waals surface area contributed by atoms with Crippen LogP contribution in [0.1, 0.15) is 27.9 Å². The molecular weight excluding hydrogens is 468 g/mol. The van der Waals surface area contributed by atoms with Crippen LogP contribution in [0.15, 0.2) is 65.4 Å². The Kier molecular flexibility index (Phi) is 7.69. The van der Waals surface area contributed by atoms with Crippen LogP contribution in [0.2, 0.25) is 0 Å². The molecule has 0 saturated carbocycles. The fourth-order valence-electron chi connectivity index (χ4n) is 4.02. The van der Waals surface area contributed by atoms with E-state index in [-0.39, 0.29) is 31.0 Å². The van der Waals surface area contributed by atoms with Gasteiger partial charge in [0.1, 0.15) is 6.61 Å². The van der Waals surface area contributed by atoms with Crippen LogP contribution in [0.5, 0.6) is 11.5 Å². The van der Waals surface area contributed by atoms with Crippen molar-refractivity contribution in [2.24, 2.45) is 0 Å². The van der Waals surface area contributed by atoms with Crippen molar-refractivity contribution in [2.75, 3.05) is 25.6 Å². The number of hydrogen-bond donors (Lipinski definition) is 3. The number of methoxy groups -OCH3 is 1. The van der Waals surface area contributed by atoms with E-state index in [0.717, 1.165) is 16.7 Å². The molecule has 0 bridgehead atoms. The molecule has 4 rings (SSSR count). The lowest BCUT2D eigenvalue weighted by molar-refractivity contribution is 0.0619. The standard InChI is InChI=1S/C26H26N2O6S/c1-33-23-12-21(22(27-26(31)32)13-24(23)34-15-17-5-3-2-4-6-17)25(30)28-9-7-18(11-20(28)14-29)19-8-10-35-16-19/h2-8,10,12-13,16,20,27,29H,9,11,14-15H2,1H3,(H,31,32). The third-order valence-electron chi connectivity index (χ3n) is 5.81. The van der Waals surface area contributed by atoms with Gasteiger partial charge in [-0.1, -0.05) is 36.4 Å². The number of carboxylic acid groups (broad SMARTS) is 1. The Morgan fingerprint density at radius 2 is 1.97 bits per heavy atom. The van der Waals surface area contributed by atoms with Crippen molar-refractivity contribution in [1.29, 1.82) is 0 Å². The van der Waals surface area contributed by atoms with Gasteiger partial charge in [-0.3, -0.25) is 10.1 Å². The molecule has 2 aromatic carbocycles. The molecule has 0 fully saturated rings. The molecule has 0 radical (unpaired) electrons. The number of carbonyl (C=O) groups excluding carboxylic acids is 1. The zero-order valence-corrected chi connectivity index (χ0v) is 20.0. The summed E-state index contributed by atoms with van der Waals surface area (Å²) in [5, 5.41) is 25.8. The van der Waals surface area contributed by atoms with Gasteiger partial charge in [0.25, 0.3) is 5.91 Å². The highest BCUT2D eigenvalue weighted by Gasteiger charge is 2.31. The summed E-state index contributed by atoms with van der Waals surface area (Å²) in [7, 11) is 1.45. The summed E-state index contributed by atoms with van der Waals surface area (Å²) in [6, 6.07) is 14.0. The van der Waals surface area contributed by atoms with E-state index in [0.29, 0.717) is 17.9 Å². The summed E-state index contributed by atoms with van der Waals surface area (Å²) in [6.07, 6.45) is 1.15.